The van der Waals surface area contributed by atoms with E-state index in [1.807, 2.05) is 13.0 Å². The SMILES string of the molecule is COC(=O)C1=C2Nc3cc(O)ccc3[C@@]23CCN2CCC[C@@]([C@H](C)OC(=O)C=Cc4cc(OC)c(OC)c(OC)c4)(C1)[C@H]23. The molecular formula is C33H38N2O8. The molecule has 0 bridgehead atoms. The average molecular weight is 591 g/mol. The first-order valence-corrected chi connectivity index (χ1v) is 14.6. The molecule has 6 rings (SSSR count). The van der Waals surface area contributed by atoms with Crippen LogP contribution in [0.25, 0.3) is 6.08 Å². The number of benzene rings is 2. The zero-order valence-electron chi connectivity index (χ0n) is 25.2. The van der Waals surface area contributed by atoms with Crippen LogP contribution in [0.5, 0.6) is 23.0 Å². The number of phenols is 1. The fourth-order valence-electron chi connectivity index (χ4n) is 8.20. The first-order valence-electron chi connectivity index (χ1n) is 14.6. The summed E-state index contributed by atoms with van der Waals surface area (Å²) in [7, 11) is 6.01. The molecule has 2 aromatic carbocycles. The van der Waals surface area contributed by atoms with E-state index < -0.39 is 22.9 Å². The predicted octanol–water partition coefficient (Wildman–Crippen LogP) is 4.41. The molecule has 2 fully saturated rings. The minimum absolute atomic E-state index is 0.00246. The zero-order chi connectivity index (χ0) is 30.5. The molecule has 0 unspecified atom stereocenters. The smallest absolute Gasteiger partial charge is 0.335 e. The lowest BCUT2D eigenvalue weighted by Gasteiger charge is -2.57. The van der Waals surface area contributed by atoms with Crippen LogP contribution in [0.15, 0.2) is 47.7 Å². The summed E-state index contributed by atoms with van der Waals surface area (Å²) < 4.78 is 27.8. The van der Waals surface area contributed by atoms with Crippen LogP contribution in [0.4, 0.5) is 5.69 Å². The van der Waals surface area contributed by atoms with Gasteiger partial charge < -0.3 is 34.1 Å². The topological polar surface area (TPSA) is 116 Å². The van der Waals surface area contributed by atoms with Crippen LogP contribution >= 0.6 is 0 Å². The van der Waals surface area contributed by atoms with Crippen molar-refractivity contribution in [3.8, 4) is 23.0 Å². The maximum absolute atomic E-state index is 13.3. The molecule has 0 saturated carbocycles. The fourth-order valence-corrected chi connectivity index (χ4v) is 8.20. The first-order chi connectivity index (χ1) is 20.7. The Bertz CT molecular complexity index is 1510. The molecule has 2 saturated heterocycles. The summed E-state index contributed by atoms with van der Waals surface area (Å²) in [4.78, 5) is 29.2. The Balaban J connectivity index is 1.36. The Morgan fingerprint density at radius 1 is 1.05 bits per heavy atom. The van der Waals surface area contributed by atoms with Crippen LogP contribution in [-0.2, 0) is 24.5 Å². The van der Waals surface area contributed by atoms with Gasteiger partial charge in [-0.2, -0.15) is 0 Å². The summed E-state index contributed by atoms with van der Waals surface area (Å²) in [6, 6.07) is 8.89. The molecule has 10 nitrogen and oxygen atoms in total. The van der Waals surface area contributed by atoms with Crippen molar-refractivity contribution in [3.05, 3.63) is 58.8 Å². The van der Waals surface area contributed by atoms with Crippen LogP contribution in [0.3, 0.4) is 0 Å². The lowest BCUT2D eigenvalue weighted by Crippen LogP contribution is -2.64. The van der Waals surface area contributed by atoms with Crippen molar-refractivity contribution in [1.82, 2.24) is 4.90 Å². The van der Waals surface area contributed by atoms with Gasteiger partial charge in [0.05, 0.1) is 39.4 Å². The Hall–Kier alpha value is -4.18. The van der Waals surface area contributed by atoms with E-state index in [0.717, 1.165) is 49.3 Å². The van der Waals surface area contributed by atoms with E-state index in [2.05, 4.69) is 10.2 Å². The fraction of sp³-hybridized carbons (Fsp3) is 0.455. The molecule has 0 amide bonds. The summed E-state index contributed by atoms with van der Waals surface area (Å²) in [5, 5.41) is 13.8. The molecule has 4 atom stereocenters. The van der Waals surface area contributed by atoms with Crippen LogP contribution in [0.1, 0.15) is 43.7 Å². The van der Waals surface area contributed by atoms with Gasteiger partial charge in [0.15, 0.2) is 11.5 Å². The van der Waals surface area contributed by atoms with Gasteiger partial charge in [-0.3, -0.25) is 4.90 Å². The third-order valence-electron chi connectivity index (χ3n) is 9.89. The standard InChI is InChI=1S/C33H38N2O8/c1-19(43-27(37)10-7-20-15-25(39-2)28(41-4)26(16-20)40-3)32-11-6-13-35-14-12-33(31(32)35)23-9-8-21(36)17-24(23)34-29(33)22(18-32)30(38)42-5/h7-10,15-17,19,31,34,36H,6,11-14,18H2,1-5H3/t19-,31-,32-,33-/m0/s1. The number of nitrogens with one attached hydrogen (secondary N) is 1. The second kappa shape index (κ2) is 10.8. The van der Waals surface area contributed by atoms with Crippen molar-refractivity contribution in [2.45, 2.75) is 50.2 Å². The molecular weight excluding hydrogens is 552 g/mol. The van der Waals surface area contributed by atoms with Crippen LogP contribution in [0.2, 0.25) is 0 Å². The highest BCUT2D eigenvalue weighted by atomic mass is 16.5. The molecule has 4 aliphatic rings. The van der Waals surface area contributed by atoms with Gasteiger partial charge in [-0.15, -0.1) is 0 Å². The number of hydrogen-bond acceptors (Lipinski definition) is 10. The van der Waals surface area contributed by atoms with E-state index in [0.29, 0.717) is 34.8 Å². The van der Waals surface area contributed by atoms with Gasteiger partial charge in [0.1, 0.15) is 11.9 Å². The summed E-state index contributed by atoms with van der Waals surface area (Å²) >= 11 is 0. The number of nitrogens with zero attached hydrogens (tertiary/aromatic N) is 1. The van der Waals surface area contributed by atoms with E-state index in [1.165, 1.54) is 34.5 Å². The third kappa shape index (κ3) is 4.33. The Morgan fingerprint density at radius 3 is 2.47 bits per heavy atom. The molecule has 2 N–H and O–H groups in total. The summed E-state index contributed by atoms with van der Waals surface area (Å²) in [6.07, 6.45) is 5.49. The summed E-state index contributed by atoms with van der Waals surface area (Å²) in [6.45, 7) is 3.74. The number of esters is 2. The quantitative estimate of drug-likeness (QED) is 0.338. The molecule has 3 aliphatic heterocycles. The van der Waals surface area contributed by atoms with Gasteiger partial charge in [-0.25, -0.2) is 9.59 Å². The number of anilines is 1. The number of aromatic hydroxyl groups is 1. The minimum Gasteiger partial charge on any atom is -0.508 e. The minimum atomic E-state index is -0.529. The predicted molar refractivity (Wildman–Crippen MR) is 159 cm³/mol. The molecule has 0 aromatic heterocycles. The number of carbonyl (C=O) groups excluding carboxylic acids is 2. The molecule has 1 aliphatic carbocycles. The number of piperidine rings is 1. The van der Waals surface area contributed by atoms with Crippen molar-refractivity contribution < 1.29 is 38.4 Å². The molecule has 10 heteroatoms. The van der Waals surface area contributed by atoms with Gasteiger partial charge in [0.25, 0.3) is 0 Å². The first kappa shape index (κ1) is 28.9. The highest BCUT2D eigenvalue weighted by Crippen LogP contribution is 2.65. The normalized spacial score (nSPS) is 26.2. The zero-order valence-corrected chi connectivity index (χ0v) is 25.2. The van der Waals surface area contributed by atoms with Crippen molar-refractivity contribution >= 4 is 23.7 Å². The monoisotopic (exact) mass is 590 g/mol. The second-order valence-electron chi connectivity index (χ2n) is 11.7. The molecule has 0 radical (unpaired) electrons. The molecule has 43 heavy (non-hydrogen) atoms. The molecule has 3 heterocycles. The Morgan fingerprint density at radius 2 is 1.79 bits per heavy atom. The van der Waals surface area contributed by atoms with Gasteiger partial charge in [-0.1, -0.05) is 6.07 Å². The van der Waals surface area contributed by atoms with E-state index in [4.69, 9.17) is 23.7 Å². The maximum Gasteiger partial charge on any atom is 0.335 e. The number of rotatable bonds is 8. The summed E-state index contributed by atoms with van der Waals surface area (Å²) in [5.41, 5.74) is 2.95. The van der Waals surface area contributed by atoms with Crippen molar-refractivity contribution in [2.75, 3.05) is 46.8 Å². The third-order valence-corrected chi connectivity index (χ3v) is 9.89. The van der Waals surface area contributed by atoms with Crippen molar-refractivity contribution in [2.24, 2.45) is 5.41 Å². The Labute approximate surface area is 251 Å². The van der Waals surface area contributed by atoms with Gasteiger partial charge in [0.2, 0.25) is 5.75 Å². The number of methoxy groups -OCH3 is 4. The molecule has 228 valence electrons. The van der Waals surface area contributed by atoms with Gasteiger partial charge >= 0.3 is 11.9 Å². The number of phenolic OH excluding ortho intramolecular Hbond substituents is 1. The number of carbonyl (C=O) groups is 2. The van der Waals surface area contributed by atoms with E-state index in [1.54, 1.807) is 30.3 Å². The van der Waals surface area contributed by atoms with Gasteiger partial charge in [-0.05, 0) is 81.1 Å². The number of ether oxygens (including phenoxy) is 5. The molecule has 1 spiro atoms. The van der Waals surface area contributed by atoms with Crippen LogP contribution < -0.4 is 19.5 Å². The molecule has 2 aromatic rings. The summed E-state index contributed by atoms with van der Waals surface area (Å²) in [5.74, 6) is 0.719. The Kier molecular flexibility index (Phi) is 7.28. The lowest BCUT2D eigenvalue weighted by atomic mass is 9.53. The van der Waals surface area contributed by atoms with E-state index in [9.17, 15) is 14.7 Å². The average Bonchev–Trinajstić information content (AvgIpc) is 3.57. The van der Waals surface area contributed by atoms with Gasteiger partial charge in [0, 0.05) is 35.0 Å². The lowest BCUT2D eigenvalue weighted by molar-refractivity contribution is -0.158. The van der Waals surface area contributed by atoms with Crippen LogP contribution in [0, 0.1) is 5.41 Å². The number of fused-ring (bicyclic) bond motifs is 1. The second-order valence-corrected chi connectivity index (χ2v) is 11.7. The largest absolute Gasteiger partial charge is 0.508 e. The number of hydrogen-bond donors (Lipinski definition) is 2. The van der Waals surface area contributed by atoms with Crippen LogP contribution in [-0.4, -0.2) is 75.6 Å². The highest BCUT2D eigenvalue weighted by molar-refractivity contribution is 5.93. The van der Waals surface area contributed by atoms with Crippen molar-refractivity contribution in [1.29, 1.82) is 0 Å². The van der Waals surface area contributed by atoms with E-state index >= 15 is 0 Å². The van der Waals surface area contributed by atoms with Crippen molar-refractivity contribution in [3.63, 3.8) is 0 Å². The highest BCUT2D eigenvalue weighted by Gasteiger charge is 2.68. The van der Waals surface area contributed by atoms with E-state index in [-0.39, 0.29) is 17.8 Å². The maximum atomic E-state index is 13.3.